The van der Waals surface area contributed by atoms with E-state index in [-0.39, 0.29) is 0 Å². The summed E-state index contributed by atoms with van der Waals surface area (Å²) < 4.78 is 0. The van der Waals surface area contributed by atoms with Crippen LogP contribution >= 0.6 is 0 Å². The fraction of sp³-hybridized carbons (Fsp3) is 0.625. The van der Waals surface area contributed by atoms with Gasteiger partial charge in [0, 0.05) is 19.0 Å². The molecule has 2 rings (SSSR count). The second-order valence-corrected chi connectivity index (χ2v) is 6.48. The molecule has 1 aliphatic heterocycles. The molecule has 106 valence electrons. The van der Waals surface area contributed by atoms with E-state index in [2.05, 4.69) is 36.2 Å². The van der Waals surface area contributed by atoms with Gasteiger partial charge in [-0.2, -0.15) is 0 Å². The van der Waals surface area contributed by atoms with Crippen molar-refractivity contribution in [2.75, 3.05) is 20.1 Å². The van der Waals surface area contributed by atoms with Crippen molar-refractivity contribution < 1.29 is 5.11 Å². The van der Waals surface area contributed by atoms with Crippen LogP contribution in [0, 0.1) is 5.92 Å². The van der Waals surface area contributed by atoms with Gasteiger partial charge in [0.25, 0.3) is 0 Å². The topological polar surface area (TPSA) is 49.5 Å². The zero-order valence-electron chi connectivity index (χ0n) is 12.3. The third-order valence-corrected chi connectivity index (χ3v) is 4.01. The molecule has 1 aromatic carbocycles. The zero-order chi connectivity index (χ0) is 14.0. The molecule has 0 aromatic heterocycles. The smallest absolute Gasteiger partial charge is 0.0632 e. The number of aliphatic hydroxyl groups is 1. The third kappa shape index (κ3) is 3.56. The Morgan fingerprint density at radius 3 is 2.63 bits per heavy atom. The van der Waals surface area contributed by atoms with Crippen LogP contribution in [0.1, 0.15) is 37.4 Å². The van der Waals surface area contributed by atoms with Gasteiger partial charge in [-0.25, -0.2) is 0 Å². The molecule has 2 atom stereocenters. The summed E-state index contributed by atoms with van der Waals surface area (Å²) >= 11 is 0. The first-order valence-electron chi connectivity index (χ1n) is 7.11. The van der Waals surface area contributed by atoms with Gasteiger partial charge in [0.15, 0.2) is 0 Å². The van der Waals surface area contributed by atoms with Gasteiger partial charge in [-0.1, -0.05) is 24.3 Å². The minimum atomic E-state index is -0.666. The molecule has 0 amide bonds. The predicted molar refractivity (Wildman–Crippen MR) is 79.0 cm³/mol. The normalized spacial score (nSPS) is 24.9. The molecular weight excluding hydrogens is 236 g/mol. The molecule has 3 nitrogen and oxygen atoms in total. The Balaban J connectivity index is 2.25. The van der Waals surface area contributed by atoms with E-state index in [4.69, 9.17) is 5.73 Å². The molecule has 3 heteroatoms. The molecule has 0 spiro atoms. The minimum Gasteiger partial charge on any atom is -0.390 e. The second kappa shape index (κ2) is 5.61. The van der Waals surface area contributed by atoms with E-state index in [9.17, 15) is 5.11 Å². The van der Waals surface area contributed by atoms with E-state index >= 15 is 0 Å². The highest BCUT2D eigenvalue weighted by Gasteiger charge is 2.31. The average molecular weight is 262 g/mol. The fourth-order valence-corrected chi connectivity index (χ4v) is 3.13. The van der Waals surface area contributed by atoms with E-state index in [1.165, 1.54) is 11.1 Å². The summed E-state index contributed by atoms with van der Waals surface area (Å²) in [6.07, 6.45) is 1.82. The highest BCUT2D eigenvalue weighted by molar-refractivity contribution is 5.32. The Morgan fingerprint density at radius 2 is 2.05 bits per heavy atom. The van der Waals surface area contributed by atoms with Crippen molar-refractivity contribution in [1.29, 1.82) is 0 Å². The van der Waals surface area contributed by atoms with E-state index in [0.717, 1.165) is 19.5 Å². The van der Waals surface area contributed by atoms with Crippen LogP contribution in [0.5, 0.6) is 0 Å². The van der Waals surface area contributed by atoms with Crippen molar-refractivity contribution >= 4 is 0 Å². The SMILES string of the molecule is CN1CC(CN)CC1c1ccccc1CC(C)(C)O. The Labute approximate surface area is 116 Å². The first-order valence-corrected chi connectivity index (χ1v) is 7.11. The standard InChI is InChI=1S/C16H26N2O/c1-16(2,19)9-13-6-4-5-7-14(13)15-8-12(10-17)11-18(15)3/h4-7,12,15,19H,8-11,17H2,1-3H3. The molecule has 1 heterocycles. The van der Waals surface area contributed by atoms with Crippen molar-refractivity contribution in [3.05, 3.63) is 35.4 Å². The highest BCUT2D eigenvalue weighted by Crippen LogP contribution is 2.36. The summed E-state index contributed by atoms with van der Waals surface area (Å²) in [7, 11) is 2.17. The van der Waals surface area contributed by atoms with Crippen molar-refractivity contribution in [2.45, 2.75) is 38.3 Å². The number of nitrogens with zero attached hydrogens (tertiary/aromatic N) is 1. The lowest BCUT2D eigenvalue weighted by Gasteiger charge is -2.25. The van der Waals surface area contributed by atoms with E-state index in [1.807, 2.05) is 13.8 Å². The van der Waals surface area contributed by atoms with Crippen LogP contribution in [0.2, 0.25) is 0 Å². The summed E-state index contributed by atoms with van der Waals surface area (Å²) in [5, 5.41) is 10.1. The van der Waals surface area contributed by atoms with Crippen LogP contribution in [0.25, 0.3) is 0 Å². The quantitative estimate of drug-likeness (QED) is 0.872. The largest absolute Gasteiger partial charge is 0.390 e. The van der Waals surface area contributed by atoms with Crippen LogP contribution in [-0.2, 0) is 6.42 Å². The Morgan fingerprint density at radius 1 is 1.37 bits per heavy atom. The first kappa shape index (κ1) is 14.5. The fourth-order valence-electron chi connectivity index (χ4n) is 3.13. The van der Waals surface area contributed by atoms with Gasteiger partial charge in [-0.05, 0) is 50.9 Å². The van der Waals surface area contributed by atoms with Crippen LogP contribution < -0.4 is 5.73 Å². The highest BCUT2D eigenvalue weighted by atomic mass is 16.3. The lowest BCUT2D eigenvalue weighted by Crippen LogP contribution is -2.25. The van der Waals surface area contributed by atoms with Crippen LogP contribution in [-0.4, -0.2) is 35.7 Å². The number of nitrogens with two attached hydrogens (primary N) is 1. The molecule has 0 saturated carbocycles. The molecule has 0 radical (unpaired) electrons. The third-order valence-electron chi connectivity index (χ3n) is 4.01. The molecule has 1 aromatic rings. The van der Waals surface area contributed by atoms with E-state index in [1.54, 1.807) is 0 Å². The van der Waals surface area contributed by atoms with Crippen LogP contribution in [0.3, 0.4) is 0 Å². The lowest BCUT2D eigenvalue weighted by molar-refractivity contribution is 0.0804. The van der Waals surface area contributed by atoms with E-state index < -0.39 is 5.60 Å². The number of benzene rings is 1. The van der Waals surface area contributed by atoms with Crippen LogP contribution in [0.15, 0.2) is 24.3 Å². The Bertz CT molecular complexity index is 425. The molecule has 0 bridgehead atoms. The Hall–Kier alpha value is -0.900. The van der Waals surface area contributed by atoms with Crippen molar-refractivity contribution in [3.8, 4) is 0 Å². The molecule has 2 unspecified atom stereocenters. The predicted octanol–water partition coefficient (Wildman–Crippen LogP) is 1.95. The maximum Gasteiger partial charge on any atom is 0.0632 e. The van der Waals surface area contributed by atoms with E-state index in [0.29, 0.717) is 18.4 Å². The summed E-state index contributed by atoms with van der Waals surface area (Å²) in [5.74, 6) is 0.588. The van der Waals surface area contributed by atoms with Gasteiger partial charge < -0.3 is 10.8 Å². The Kier molecular flexibility index (Phi) is 4.29. The number of hydrogen-bond donors (Lipinski definition) is 2. The van der Waals surface area contributed by atoms with Gasteiger partial charge in [-0.15, -0.1) is 0 Å². The number of rotatable bonds is 4. The van der Waals surface area contributed by atoms with Gasteiger partial charge in [0.1, 0.15) is 0 Å². The maximum atomic E-state index is 10.1. The molecule has 19 heavy (non-hydrogen) atoms. The van der Waals surface area contributed by atoms with Crippen LogP contribution in [0.4, 0.5) is 0 Å². The summed E-state index contributed by atoms with van der Waals surface area (Å²) in [6, 6.07) is 8.91. The van der Waals surface area contributed by atoms with Gasteiger partial charge >= 0.3 is 0 Å². The number of likely N-dealkylation sites (tertiary alicyclic amines) is 1. The van der Waals surface area contributed by atoms with Crippen molar-refractivity contribution in [2.24, 2.45) is 11.7 Å². The van der Waals surface area contributed by atoms with Gasteiger partial charge in [0.05, 0.1) is 5.60 Å². The molecule has 1 fully saturated rings. The van der Waals surface area contributed by atoms with Crippen molar-refractivity contribution in [1.82, 2.24) is 4.90 Å². The average Bonchev–Trinajstić information content (AvgIpc) is 2.69. The minimum absolute atomic E-state index is 0.437. The maximum absolute atomic E-state index is 10.1. The van der Waals surface area contributed by atoms with Gasteiger partial charge in [-0.3, -0.25) is 4.90 Å². The zero-order valence-corrected chi connectivity index (χ0v) is 12.3. The second-order valence-electron chi connectivity index (χ2n) is 6.48. The summed E-state index contributed by atoms with van der Waals surface area (Å²) in [5.41, 5.74) is 7.75. The molecule has 1 saturated heterocycles. The lowest BCUT2D eigenvalue weighted by atomic mass is 9.90. The summed E-state index contributed by atoms with van der Waals surface area (Å²) in [4.78, 5) is 2.39. The summed E-state index contributed by atoms with van der Waals surface area (Å²) in [6.45, 7) is 5.56. The van der Waals surface area contributed by atoms with Gasteiger partial charge in [0.2, 0.25) is 0 Å². The molecule has 1 aliphatic rings. The van der Waals surface area contributed by atoms with Crippen molar-refractivity contribution in [3.63, 3.8) is 0 Å². The number of hydrogen-bond acceptors (Lipinski definition) is 3. The molecular formula is C16H26N2O. The monoisotopic (exact) mass is 262 g/mol. The molecule has 0 aliphatic carbocycles. The first-order chi connectivity index (χ1) is 8.90. The molecule has 3 N–H and O–H groups in total.